The summed E-state index contributed by atoms with van der Waals surface area (Å²) in [5.74, 6) is 0.681. The lowest BCUT2D eigenvalue weighted by Gasteiger charge is -2.25. The van der Waals surface area contributed by atoms with Gasteiger partial charge in [-0.05, 0) is 50.3 Å². The maximum Gasteiger partial charge on any atom is 0.416 e. The second-order valence-electron chi connectivity index (χ2n) is 8.30. The molecule has 2 saturated carbocycles. The van der Waals surface area contributed by atoms with Gasteiger partial charge in [0.2, 0.25) is 0 Å². The molecule has 0 aliphatic heterocycles. The van der Waals surface area contributed by atoms with E-state index in [0.29, 0.717) is 29.3 Å². The molecule has 8 heteroatoms. The first-order valence-electron chi connectivity index (χ1n) is 10.6. The lowest BCUT2D eigenvalue weighted by molar-refractivity contribution is -0.137. The van der Waals surface area contributed by atoms with Crippen LogP contribution in [-0.4, -0.2) is 23.7 Å². The fourth-order valence-electron chi connectivity index (χ4n) is 4.11. The molecule has 0 spiro atoms. The number of hydrogen-bond acceptors (Lipinski definition) is 4. The molecule has 5 nitrogen and oxygen atoms in total. The lowest BCUT2D eigenvalue weighted by Crippen LogP contribution is -2.34. The molecule has 4 rings (SSSR count). The van der Waals surface area contributed by atoms with Gasteiger partial charge in [0, 0.05) is 23.7 Å². The molecular formula is C22H26F3N3O2. The van der Waals surface area contributed by atoms with Gasteiger partial charge in [0.25, 0.3) is 5.91 Å². The monoisotopic (exact) mass is 421 g/mol. The Morgan fingerprint density at radius 2 is 1.77 bits per heavy atom. The van der Waals surface area contributed by atoms with Gasteiger partial charge in [-0.25, -0.2) is 0 Å². The summed E-state index contributed by atoms with van der Waals surface area (Å²) in [5, 5.41) is 10.4. The largest absolute Gasteiger partial charge is 0.416 e. The maximum absolute atomic E-state index is 12.9. The number of amides is 1. The van der Waals surface area contributed by atoms with E-state index in [1.807, 2.05) is 0 Å². The van der Waals surface area contributed by atoms with Crippen LogP contribution in [0.4, 0.5) is 13.2 Å². The molecule has 1 aromatic carbocycles. The second-order valence-corrected chi connectivity index (χ2v) is 8.30. The van der Waals surface area contributed by atoms with Gasteiger partial charge in [-0.2, -0.15) is 13.2 Å². The Morgan fingerprint density at radius 3 is 2.37 bits per heavy atom. The number of halogens is 3. The van der Waals surface area contributed by atoms with Crippen molar-refractivity contribution in [1.29, 1.82) is 0 Å². The standard InChI is InChI=1S/C22H26F3N3O2/c23-22(24,25)16-10-8-15(9-11-16)20-18(13-26-12-14-4-3-5-14)19(28-30-20)21(29)27-17-6-1-2-7-17/h8-11,14,17,26H,1-7,12-13H2,(H,27,29). The van der Waals surface area contributed by atoms with Crippen LogP contribution in [0, 0.1) is 5.92 Å². The zero-order valence-electron chi connectivity index (χ0n) is 16.7. The number of alkyl halides is 3. The molecule has 1 aromatic heterocycles. The average Bonchev–Trinajstić information content (AvgIpc) is 3.33. The molecule has 0 bridgehead atoms. The first-order chi connectivity index (χ1) is 14.4. The predicted octanol–water partition coefficient (Wildman–Crippen LogP) is 4.92. The summed E-state index contributed by atoms with van der Waals surface area (Å²) in [5.41, 5.74) is 0.535. The highest BCUT2D eigenvalue weighted by Gasteiger charge is 2.31. The number of rotatable bonds is 7. The number of aromatic nitrogens is 1. The van der Waals surface area contributed by atoms with Crippen LogP contribution < -0.4 is 10.6 Å². The normalized spacial score (nSPS) is 17.8. The molecule has 0 saturated heterocycles. The zero-order valence-corrected chi connectivity index (χ0v) is 16.7. The van der Waals surface area contributed by atoms with Gasteiger partial charge in [-0.1, -0.05) is 36.6 Å². The van der Waals surface area contributed by atoms with Crippen molar-refractivity contribution < 1.29 is 22.5 Å². The van der Waals surface area contributed by atoms with Crippen molar-refractivity contribution in [2.45, 2.75) is 63.7 Å². The van der Waals surface area contributed by atoms with E-state index < -0.39 is 11.7 Å². The zero-order chi connectivity index (χ0) is 21.1. The van der Waals surface area contributed by atoms with Crippen molar-refractivity contribution in [2.24, 2.45) is 5.92 Å². The fourth-order valence-corrected chi connectivity index (χ4v) is 4.11. The number of carbonyl (C=O) groups excluding carboxylic acids is 1. The minimum absolute atomic E-state index is 0.138. The third-order valence-electron chi connectivity index (χ3n) is 6.13. The number of carbonyl (C=O) groups is 1. The highest BCUT2D eigenvalue weighted by Crippen LogP contribution is 2.33. The molecule has 0 radical (unpaired) electrons. The van der Waals surface area contributed by atoms with Crippen molar-refractivity contribution in [3.63, 3.8) is 0 Å². The highest BCUT2D eigenvalue weighted by atomic mass is 19.4. The van der Waals surface area contributed by atoms with Crippen LogP contribution in [0.3, 0.4) is 0 Å². The third-order valence-corrected chi connectivity index (χ3v) is 6.13. The summed E-state index contributed by atoms with van der Waals surface area (Å²) < 4.78 is 44.1. The summed E-state index contributed by atoms with van der Waals surface area (Å²) in [6.45, 7) is 1.21. The van der Waals surface area contributed by atoms with Crippen molar-refractivity contribution >= 4 is 5.91 Å². The van der Waals surface area contributed by atoms with Gasteiger partial charge in [0.15, 0.2) is 11.5 Å². The molecule has 2 fully saturated rings. The Kier molecular flexibility index (Phi) is 6.13. The summed E-state index contributed by atoms with van der Waals surface area (Å²) in [6.07, 6.45) is 3.31. The van der Waals surface area contributed by atoms with Crippen LogP contribution in [0.2, 0.25) is 0 Å². The minimum Gasteiger partial charge on any atom is -0.355 e. The third kappa shape index (κ3) is 4.69. The van der Waals surface area contributed by atoms with E-state index in [1.165, 1.54) is 31.4 Å². The van der Waals surface area contributed by atoms with E-state index in [-0.39, 0.29) is 17.6 Å². The molecular weight excluding hydrogens is 395 g/mol. The Morgan fingerprint density at radius 1 is 1.07 bits per heavy atom. The number of nitrogens with zero attached hydrogens (tertiary/aromatic N) is 1. The molecule has 2 aromatic rings. The van der Waals surface area contributed by atoms with Crippen molar-refractivity contribution in [3.05, 3.63) is 41.1 Å². The SMILES string of the molecule is O=C(NC1CCCC1)c1noc(-c2ccc(C(F)(F)F)cc2)c1CNCC1CCC1. The predicted molar refractivity (Wildman–Crippen MR) is 106 cm³/mol. The molecule has 2 N–H and O–H groups in total. The van der Waals surface area contributed by atoms with Crippen molar-refractivity contribution in [2.75, 3.05) is 6.54 Å². The van der Waals surface area contributed by atoms with Gasteiger partial charge in [0.1, 0.15) is 0 Å². The van der Waals surface area contributed by atoms with E-state index in [1.54, 1.807) is 0 Å². The first kappa shape index (κ1) is 20.9. The van der Waals surface area contributed by atoms with E-state index in [9.17, 15) is 18.0 Å². The topological polar surface area (TPSA) is 67.2 Å². The molecule has 30 heavy (non-hydrogen) atoms. The van der Waals surface area contributed by atoms with Gasteiger partial charge in [0.05, 0.1) is 5.56 Å². The van der Waals surface area contributed by atoms with Crippen LogP contribution in [0.25, 0.3) is 11.3 Å². The fraction of sp³-hybridized carbons (Fsp3) is 0.545. The van der Waals surface area contributed by atoms with Crippen LogP contribution in [-0.2, 0) is 12.7 Å². The Bertz CT molecular complexity index is 867. The van der Waals surface area contributed by atoms with Crippen LogP contribution in [0.1, 0.15) is 66.6 Å². The molecule has 2 aliphatic rings. The van der Waals surface area contributed by atoms with Crippen LogP contribution in [0.15, 0.2) is 28.8 Å². The average molecular weight is 421 g/mol. The van der Waals surface area contributed by atoms with E-state index in [0.717, 1.165) is 44.4 Å². The van der Waals surface area contributed by atoms with Gasteiger partial charge >= 0.3 is 6.18 Å². The molecule has 2 aliphatic carbocycles. The summed E-state index contributed by atoms with van der Waals surface area (Å²) in [7, 11) is 0. The molecule has 1 amide bonds. The maximum atomic E-state index is 12.9. The lowest BCUT2D eigenvalue weighted by atomic mass is 9.85. The molecule has 162 valence electrons. The number of hydrogen-bond donors (Lipinski definition) is 2. The first-order valence-corrected chi connectivity index (χ1v) is 10.6. The summed E-state index contributed by atoms with van der Waals surface area (Å²) in [4.78, 5) is 12.8. The van der Waals surface area contributed by atoms with Crippen molar-refractivity contribution in [3.8, 4) is 11.3 Å². The Labute approximate surface area is 173 Å². The molecule has 1 heterocycles. The Hall–Kier alpha value is -2.35. The summed E-state index contributed by atoms with van der Waals surface area (Å²) in [6, 6.07) is 4.89. The van der Waals surface area contributed by atoms with E-state index in [4.69, 9.17) is 4.52 Å². The van der Waals surface area contributed by atoms with E-state index >= 15 is 0 Å². The summed E-state index contributed by atoms with van der Waals surface area (Å²) >= 11 is 0. The van der Waals surface area contributed by atoms with Gasteiger partial charge in [-0.15, -0.1) is 0 Å². The van der Waals surface area contributed by atoms with Crippen LogP contribution >= 0.6 is 0 Å². The number of nitrogens with one attached hydrogen (secondary N) is 2. The highest BCUT2D eigenvalue weighted by molar-refractivity contribution is 5.95. The minimum atomic E-state index is -4.40. The molecule has 0 unspecified atom stereocenters. The second kappa shape index (κ2) is 8.79. The van der Waals surface area contributed by atoms with Gasteiger partial charge < -0.3 is 15.2 Å². The Balaban J connectivity index is 1.56. The van der Waals surface area contributed by atoms with Crippen LogP contribution in [0.5, 0.6) is 0 Å². The number of benzene rings is 1. The smallest absolute Gasteiger partial charge is 0.355 e. The molecule has 0 atom stereocenters. The van der Waals surface area contributed by atoms with Crippen molar-refractivity contribution in [1.82, 2.24) is 15.8 Å². The quantitative estimate of drug-likeness (QED) is 0.666. The van der Waals surface area contributed by atoms with E-state index in [2.05, 4.69) is 15.8 Å². The van der Waals surface area contributed by atoms with Gasteiger partial charge in [-0.3, -0.25) is 4.79 Å².